The number of amides is 1. The molecule has 2 aromatic heterocycles. The molecule has 0 N–H and O–H groups in total. The molecule has 2 fully saturated rings. The molecule has 7 rings (SSSR count). The number of hydrogen-bond acceptors (Lipinski definition) is 10. The van der Waals surface area contributed by atoms with Crippen LogP contribution in [0.2, 0.25) is 0 Å². The third kappa shape index (κ3) is 6.79. The Morgan fingerprint density at radius 2 is 1.77 bits per heavy atom. The van der Waals surface area contributed by atoms with E-state index >= 15 is 0 Å². The van der Waals surface area contributed by atoms with Crippen LogP contribution >= 0.6 is 0 Å². The number of nitriles is 1. The number of aryl methyl sites for hydroxylation is 1. The third-order valence-corrected chi connectivity index (χ3v) is 10.1. The second-order valence-corrected chi connectivity index (χ2v) is 13.6. The molecule has 1 amide bonds. The highest BCUT2D eigenvalue weighted by molar-refractivity contribution is 5.99. The Morgan fingerprint density at radius 3 is 2.50 bits per heavy atom. The van der Waals surface area contributed by atoms with Gasteiger partial charge in [-0.05, 0) is 62.9 Å². The van der Waals surface area contributed by atoms with Crippen molar-refractivity contribution in [2.24, 2.45) is 0 Å². The van der Waals surface area contributed by atoms with E-state index in [4.69, 9.17) is 24.4 Å². The minimum atomic E-state index is -0.485. The van der Waals surface area contributed by atoms with Crippen molar-refractivity contribution >= 4 is 39.3 Å². The lowest BCUT2D eigenvalue weighted by Gasteiger charge is -2.40. The van der Waals surface area contributed by atoms with Gasteiger partial charge in [-0.15, -0.1) is 0 Å². The fourth-order valence-corrected chi connectivity index (χ4v) is 7.30. The topological polar surface area (TPSA) is 130 Å². The predicted molar refractivity (Wildman–Crippen MR) is 201 cm³/mol. The number of likely N-dealkylation sites (tertiary alicyclic amines) is 1. The normalized spacial score (nSPS) is 17.7. The van der Waals surface area contributed by atoms with E-state index in [1.54, 1.807) is 16.4 Å². The van der Waals surface area contributed by atoms with Gasteiger partial charge in [-0.2, -0.15) is 15.2 Å². The van der Waals surface area contributed by atoms with Crippen LogP contribution in [0.25, 0.3) is 33.1 Å². The van der Waals surface area contributed by atoms with Gasteiger partial charge >= 0.3 is 12.1 Å². The molecule has 0 bridgehead atoms. The van der Waals surface area contributed by atoms with Crippen molar-refractivity contribution in [1.29, 1.82) is 5.26 Å². The summed E-state index contributed by atoms with van der Waals surface area (Å²) in [6, 6.07) is 23.4. The van der Waals surface area contributed by atoms with Gasteiger partial charge < -0.3 is 24.2 Å². The number of nitrogens with zero attached hydrogens (tertiary/aromatic N) is 8. The van der Waals surface area contributed by atoms with Crippen LogP contribution in [-0.2, 0) is 11.3 Å². The summed E-state index contributed by atoms with van der Waals surface area (Å²) in [5.41, 5.74) is 3.48. The molecule has 266 valence electrons. The number of benzene rings is 3. The Bertz CT molecular complexity index is 2240. The maximum atomic E-state index is 14.7. The monoisotopic (exact) mass is 698 g/mol. The third-order valence-electron chi connectivity index (χ3n) is 10.1. The molecule has 5 aromatic rings. The molecule has 52 heavy (non-hydrogen) atoms. The SMILES string of the molecule is C=C(C)c1cccc2cccc(-n3c(C)nc4c(N5CCN(C(=O)OCc6ccccc6)[C@@H](CC#N)C5)nc(OC[C@@H]5CCCN5C)nc4c3=O)c12. The van der Waals surface area contributed by atoms with E-state index in [-0.39, 0.29) is 49.2 Å². The fraction of sp³-hybridized carbons (Fsp3) is 0.350. The highest BCUT2D eigenvalue weighted by atomic mass is 16.6. The van der Waals surface area contributed by atoms with E-state index in [0.29, 0.717) is 36.0 Å². The average Bonchev–Trinajstić information content (AvgIpc) is 3.57. The summed E-state index contributed by atoms with van der Waals surface area (Å²) in [6.07, 6.45) is 1.68. The van der Waals surface area contributed by atoms with Crippen LogP contribution in [0, 0.1) is 18.3 Å². The molecular weight excluding hydrogens is 656 g/mol. The van der Waals surface area contributed by atoms with E-state index in [2.05, 4.69) is 24.6 Å². The van der Waals surface area contributed by atoms with Crippen molar-refractivity contribution in [2.75, 3.05) is 44.7 Å². The van der Waals surface area contributed by atoms with Crippen LogP contribution in [0.5, 0.6) is 6.01 Å². The zero-order valence-corrected chi connectivity index (χ0v) is 29.8. The molecule has 2 aliphatic heterocycles. The van der Waals surface area contributed by atoms with Crippen LogP contribution in [0.1, 0.15) is 43.1 Å². The maximum Gasteiger partial charge on any atom is 0.410 e. The zero-order valence-electron chi connectivity index (χ0n) is 29.8. The molecule has 4 heterocycles. The number of hydrogen-bond donors (Lipinski definition) is 0. The first-order valence-corrected chi connectivity index (χ1v) is 17.6. The van der Waals surface area contributed by atoms with Crippen LogP contribution in [0.4, 0.5) is 10.6 Å². The Balaban J connectivity index is 1.29. The predicted octanol–water partition coefficient (Wildman–Crippen LogP) is 5.88. The molecule has 12 heteroatoms. The first kappa shape index (κ1) is 34.6. The molecule has 0 spiro atoms. The van der Waals surface area contributed by atoms with Gasteiger partial charge in [-0.3, -0.25) is 9.36 Å². The number of ether oxygens (including phenoxy) is 2. The minimum absolute atomic E-state index is 0.0826. The van der Waals surface area contributed by atoms with Crippen molar-refractivity contribution in [2.45, 2.75) is 51.8 Å². The Kier molecular flexibility index (Phi) is 9.87. The van der Waals surface area contributed by atoms with Crippen molar-refractivity contribution in [3.05, 3.63) is 101 Å². The first-order chi connectivity index (χ1) is 25.2. The molecule has 0 saturated carbocycles. The number of likely N-dealkylation sites (N-methyl/N-ethyl adjacent to an activating group) is 1. The average molecular weight is 699 g/mol. The lowest BCUT2D eigenvalue weighted by molar-refractivity contribution is 0.0768. The summed E-state index contributed by atoms with van der Waals surface area (Å²) in [6.45, 7) is 10.4. The first-order valence-electron chi connectivity index (χ1n) is 17.6. The number of carbonyl (C=O) groups excluding carboxylic acids is 1. The van der Waals surface area contributed by atoms with Gasteiger partial charge in [0.1, 0.15) is 24.6 Å². The largest absolute Gasteiger partial charge is 0.462 e. The summed E-state index contributed by atoms with van der Waals surface area (Å²) >= 11 is 0. The van der Waals surface area contributed by atoms with Crippen LogP contribution < -0.4 is 15.2 Å². The second kappa shape index (κ2) is 14.8. The van der Waals surface area contributed by atoms with Gasteiger partial charge in [-0.25, -0.2) is 9.78 Å². The Morgan fingerprint density at radius 1 is 0.981 bits per heavy atom. The Hall–Kier alpha value is -5.80. The number of carbonyl (C=O) groups is 1. The van der Waals surface area contributed by atoms with Crippen molar-refractivity contribution in [3.8, 4) is 17.8 Å². The van der Waals surface area contributed by atoms with Gasteiger partial charge in [0, 0.05) is 31.1 Å². The van der Waals surface area contributed by atoms with Crippen LogP contribution in [-0.4, -0.2) is 87.3 Å². The highest BCUT2D eigenvalue weighted by Gasteiger charge is 2.34. The summed E-state index contributed by atoms with van der Waals surface area (Å²) in [5.74, 6) is 0.886. The van der Waals surface area contributed by atoms with Gasteiger partial charge in [0.2, 0.25) is 0 Å². The van der Waals surface area contributed by atoms with E-state index < -0.39 is 12.1 Å². The standard InChI is InChI=1S/C40H42N8O4/c1-26(2)32-16-8-13-29-14-9-17-33(34(29)32)48-27(3)42-35-36(38(48)49)43-39(51-25-31-15-10-20-45(31)4)44-37(35)46-21-22-47(30(23-46)18-19-41)40(50)52-24-28-11-6-5-7-12-28/h5-9,11-14,16-17,30-31H,1,10,15,18,20-25H2,2-4H3/t30-,31-/m0/s1. The number of piperazine rings is 1. The minimum Gasteiger partial charge on any atom is -0.462 e. The zero-order chi connectivity index (χ0) is 36.4. The van der Waals surface area contributed by atoms with Gasteiger partial charge in [0.25, 0.3) is 5.56 Å². The Labute approximate surface area is 302 Å². The smallest absolute Gasteiger partial charge is 0.410 e. The fourth-order valence-electron chi connectivity index (χ4n) is 7.30. The van der Waals surface area contributed by atoms with Crippen LogP contribution in [0.3, 0.4) is 0 Å². The van der Waals surface area contributed by atoms with E-state index in [1.807, 2.05) is 78.6 Å². The molecule has 2 saturated heterocycles. The molecular formula is C40H42N8O4. The van der Waals surface area contributed by atoms with Gasteiger partial charge in [-0.1, -0.05) is 72.8 Å². The quantitative estimate of drug-likeness (QED) is 0.184. The molecule has 2 atom stereocenters. The molecule has 0 radical (unpaired) electrons. The molecule has 3 aromatic carbocycles. The molecule has 0 aliphatic carbocycles. The summed E-state index contributed by atoms with van der Waals surface area (Å²) < 4.78 is 13.5. The summed E-state index contributed by atoms with van der Waals surface area (Å²) in [7, 11) is 2.07. The van der Waals surface area contributed by atoms with Crippen molar-refractivity contribution < 1.29 is 14.3 Å². The van der Waals surface area contributed by atoms with Crippen molar-refractivity contribution in [1.82, 2.24) is 29.3 Å². The molecule has 0 unspecified atom stereocenters. The van der Waals surface area contributed by atoms with Crippen molar-refractivity contribution in [3.63, 3.8) is 0 Å². The number of rotatable bonds is 9. The van der Waals surface area contributed by atoms with E-state index in [1.165, 1.54) is 0 Å². The lowest BCUT2D eigenvalue weighted by Crippen LogP contribution is -2.55. The van der Waals surface area contributed by atoms with Crippen LogP contribution in [0.15, 0.2) is 78.1 Å². The summed E-state index contributed by atoms with van der Waals surface area (Å²) in [5, 5.41) is 11.6. The molecule has 2 aliphatic rings. The lowest BCUT2D eigenvalue weighted by atomic mass is 9.98. The summed E-state index contributed by atoms with van der Waals surface area (Å²) in [4.78, 5) is 48.3. The number of fused-ring (bicyclic) bond motifs is 2. The number of anilines is 1. The van der Waals surface area contributed by atoms with Gasteiger partial charge in [0.05, 0.1) is 24.2 Å². The highest BCUT2D eigenvalue weighted by Crippen LogP contribution is 2.32. The molecule has 12 nitrogen and oxygen atoms in total. The maximum absolute atomic E-state index is 14.7. The number of aromatic nitrogens is 4. The van der Waals surface area contributed by atoms with E-state index in [0.717, 1.165) is 46.9 Å². The second-order valence-electron chi connectivity index (χ2n) is 13.6. The number of allylic oxidation sites excluding steroid dienone is 1. The van der Waals surface area contributed by atoms with E-state index in [9.17, 15) is 14.9 Å². The van der Waals surface area contributed by atoms with Gasteiger partial charge in [0.15, 0.2) is 11.3 Å².